The van der Waals surface area contributed by atoms with Gasteiger partial charge in [-0.15, -0.1) is 0 Å². The van der Waals surface area contributed by atoms with Crippen LogP contribution in [0.25, 0.3) is 0 Å². The van der Waals surface area contributed by atoms with E-state index in [2.05, 4.69) is 20.9 Å². The minimum absolute atomic E-state index is 0.0841. The standard InChI is InChI=1S/C21H30N6O2/c1-22-19-11-18(15-5-4-10-23-12-15)25-20(26-19)13-27(2)14-21(28)24-16-6-8-17(29-3)9-7-16/h6-9,11,15,23H,4-5,10,12-14H2,1-3H3,(H,24,28)(H,22,25,26)/t15-/m1/s1. The van der Waals surface area contributed by atoms with Gasteiger partial charge in [0.15, 0.2) is 0 Å². The number of hydrogen-bond acceptors (Lipinski definition) is 7. The number of hydrogen-bond donors (Lipinski definition) is 3. The molecule has 8 nitrogen and oxygen atoms in total. The normalized spacial score (nSPS) is 16.5. The topological polar surface area (TPSA) is 91.4 Å². The lowest BCUT2D eigenvalue weighted by Gasteiger charge is -2.23. The zero-order chi connectivity index (χ0) is 20.6. The molecule has 1 amide bonds. The van der Waals surface area contributed by atoms with Crippen molar-refractivity contribution >= 4 is 17.4 Å². The first kappa shape index (κ1) is 21.0. The second kappa shape index (κ2) is 10.2. The first-order valence-corrected chi connectivity index (χ1v) is 9.96. The van der Waals surface area contributed by atoms with E-state index in [0.29, 0.717) is 12.5 Å². The van der Waals surface area contributed by atoms with Gasteiger partial charge in [0.1, 0.15) is 17.4 Å². The van der Waals surface area contributed by atoms with E-state index in [4.69, 9.17) is 9.72 Å². The molecule has 0 unspecified atom stereocenters. The molecular weight excluding hydrogens is 368 g/mol. The summed E-state index contributed by atoms with van der Waals surface area (Å²) in [5.74, 6) is 2.61. The van der Waals surface area contributed by atoms with Gasteiger partial charge in [-0.3, -0.25) is 9.69 Å². The maximum Gasteiger partial charge on any atom is 0.238 e. The van der Waals surface area contributed by atoms with Gasteiger partial charge in [0.25, 0.3) is 0 Å². The van der Waals surface area contributed by atoms with Crippen LogP contribution in [-0.2, 0) is 11.3 Å². The van der Waals surface area contributed by atoms with Crippen molar-refractivity contribution in [2.45, 2.75) is 25.3 Å². The van der Waals surface area contributed by atoms with Crippen LogP contribution in [0, 0.1) is 0 Å². The van der Waals surface area contributed by atoms with Crippen LogP contribution in [0.15, 0.2) is 30.3 Å². The summed E-state index contributed by atoms with van der Waals surface area (Å²) in [6, 6.07) is 9.30. The van der Waals surface area contributed by atoms with Crippen LogP contribution in [0.4, 0.5) is 11.5 Å². The van der Waals surface area contributed by atoms with Gasteiger partial charge in [-0.05, 0) is 50.7 Å². The monoisotopic (exact) mass is 398 g/mol. The zero-order valence-corrected chi connectivity index (χ0v) is 17.4. The van der Waals surface area contributed by atoms with Crippen LogP contribution < -0.4 is 20.7 Å². The van der Waals surface area contributed by atoms with E-state index in [-0.39, 0.29) is 12.5 Å². The predicted octanol–water partition coefficient (Wildman–Crippen LogP) is 2.06. The molecule has 1 aliphatic rings. The highest BCUT2D eigenvalue weighted by molar-refractivity contribution is 5.92. The van der Waals surface area contributed by atoms with E-state index in [1.165, 1.54) is 0 Å². The highest BCUT2D eigenvalue weighted by Crippen LogP contribution is 2.23. The molecule has 29 heavy (non-hydrogen) atoms. The summed E-state index contributed by atoms with van der Waals surface area (Å²) in [6.07, 6.45) is 2.29. The molecule has 1 fully saturated rings. The number of carbonyl (C=O) groups excluding carboxylic acids is 1. The fourth-order valence-electron chi connectivity index (χ4n) is 3.45. The fraction of sp³-hybridized carbons (Fsp3) is 0.476. The fourth-order valence-corrected chi connectivity index (χ4v) is 3.45. The Morgan fingerprint density at radius 3 is 2.76 bits per heavy atom. The zero-order valence-electron chi connectivity index (χ0n) is 17.4. The molecule has 0 spiro atoms. The van der Waals surface area contributed by atoms with E-state index in [9.17, 15) is 4.79 Å². The van der Waals surface area contributed by atoms with Gasteiger partial charge < -0.3 is 20.7 Å². The first-order chi connectivity index (χ1) is 14.1. The average Bonchev–Trinajstić information content (AvgIpc) is 2.74. The summed E-state index contributed by atoms with van der Waals surface area (Å²) >= 11 is 0. The van der Waals surface area contributed by atoms with Crippen LogP contribution in [0.3, 0.4) is 0 Å². The number of rotatable bonds is 8. The largest absolute Gasteiger partial charge is 0.497 e. The lowest BCUT2D eigenvalue weighted by Crippen LogP contribution is -2.31. The molecule has 156 valence electrons. The maximum absolute atomic E-state index is 12.4. The highest BCUT2D eigenvalue weighted by atomic mass is 16.5. The molecule has 8 heteroatoms. The Balaban J connectivity index is 1.59. The molecule has 1 aromatic carbocycles. The van der Waals surface area contributed by atoms with Gasteiger partial charge >= 0.3 is 0 Å². The Bertz CT molecular complexity index is 805. The van der Waals surface area contributed by atoms with Gasteiger partial charge in [0.05, 0.1) is 25.9 Å². The number of amides is 1. The van der Waals surface area contributed by atoms with Gasteiger partial charge in [0, 0.05) is 31.3 Å². The van der Waals surface area contributed by atoms with Gasteiger partial charge in [-0.25, -0.2) is 9.97 Å². The number of ether oxygens (including phenoxy) is 1. The van der Waals surface area contributed by atoms with E-state index in [1.807, 2.05) is 49.3 Å². The maximum atomic E-state index is 12.4. The third-order valence-electron chi connectivity index (χ3n) is 4.96. The molecule has 2 heterocycles. The molecule has 1 aromatic heterocycles. The number of methoxy groups -OCH3 is 1. The lowest BCUT2D eigenvalue weighted by molar-refractivity contribution is -0.117. The van der Waals surface area contributed by atoms with E-state index < -0.39 is 0 Å². The van der Waals surface area contributed by atoms with Crippen LogP contribution in [0.2, 0.25) is 0 Å². The molecule has 0 bridgehead atoms. The van der Waals surface area contributed by atoms with Crippen LogP contribution in [0.5, 0.6) is 5.75 Å². The summed E-state index contributed by atoms with van der Waals surface area (Å²) in [5.41, 5.74) is 1.80. The van der Waals surface area contributed by atoms with Crippen LogP contribution in [0.1, 0.15) is 30.3 Å². The van der Waals surface area contributed by atoms with Crippen LogP contribution in [-0.4, -0.2) is 61.6 Å². The number of nitrogens with one attached hydrogen (secondary N) is 3. The Kier molecular flexibility index (Phi) is 7.37. The molecule has 0 aliphatic carbocycles. The molecule has 2 aromatic rings. The van der Waals surface area contributed by atoms with Crippen molar-refractivity contribution in [2.75, 3.05) is 51.5 Å². The minimum Gasteiger partial charge on any atom is -0.497 e. The molecule has 0 saturated carbocycles. The van der Waals surface area contributed by atoms with Crippen molar-refractivity contribution in [1.29, 1.82) is 0 Å². The third-order valence-corrected chi connectivity index (χ3v) is 4.96. The Morgan fingerprint density at radius 1 is 1.31 bits per heavy atom. The second-order valence-electron chi connectivity index (χ2n) is 7.34. The summed E-state index contributed by atoms with van der Waals surface area (Å²) in [5, 5.41) is 9.46. The number of nitrogens with zero attached hydrogens (tertiary/aromatic N) is 3. The summed E-state index contributed by atoms with van der Waals surface area (Å²) in [7, 11) is 5.37. The minimum atomic E-state index is -0.0841. The number of likely N-dealkylation sites (N-methyl/N-ethyl adjacent to an activating group) is 1. The van der Waals surface area contributed by atoms with E-state index in [1.54, 1.807) is 7.11 Å². The lowest BCUT2D eigenvalue weighted by atomic mass is 9.96. The second-order valence-corrected chi connectivity index (χ2v) is 7.34. The highest BCUT2D eigenvalue weighted by Gasteiger charge is 2.19. The molecule has 1 aliphatic heterocycles. The van der Waals surface area contributed by atoms with Crippen molar-refractivity contribution < 1.29 is 9.53 Å². The summed E-state index contributed by atoms with van der Waals surface area (Å²) in [6.45, 7) is 2.76. The van der Waals surface area contributed by atoms with Crippen molar-refractivity contribution in [3.8, 4) is 5.75 Å². The first-order valence-electron chi connectivity index (χ1n) is 9.96. The van der Waals surface area contributed by atoms with E-state index in [0.717, 1.165) is 54.7 Å². The van der Waals surface area contributed by atoms with E-state index >= 15 is 0 Å². The summed E-state index contributed by atoms with van der Waals surface area (Å²) in [4.78, 5) is 23.6. The molecular formula is C21H30N6O2. The number of carbonyl (C=O) groups is 1. The van der Waals surface area contributed by atoms with Crippen LogP contribution >= 0.6 is 0 Å². The number of benzene rings is 1. The van der Waals surface area contributed by atoms with Gasteiger partial charge in [-0.1, -0.05) is 0 Å². The Morgan fingerprint density at radius 2 is 2.10 bits per heavy atom. The van der Waals surface area contributed by atoms with Crippen molar-refractivity contribution in [3.05, 3.63) is 41.9 Å². The SMILES string of the molecule is CNc1cc([C@@H]2CCCNC2)nc(CN(C)CC(=O)Nc2ccc(OC)cc2)n1. The van der Waals surface area contributed by atoms with Crippen molar-refractivity contribution in [3.63, 3.8) is 0 Å². The third kappa shape index (κ3) is 6.13. The molecule has 1 saturated heterocycles. The number of anilines is 2. The average molecular weight is 399 g/mol. The molecule has 3 rings (SSSR count). The van der Waals surface area contributed by atoms with Gasteiger partial charge in [-0.2, -0.15) is 0 Å². The Hall–Kier alpha value is -2.71. The molecule has 1 atom stereocenters. The quantitative estimate of drug-likeness (QED) is 0.627. The molecule has 0 radical (unpaired) electrons. The van der Waals surface area contributed by atoms with Gasteiger partial charge in [0.2, 0.25) is 5.91 Å². The molecule has 3 N–H and O–H groups in total. The number of aromatic nitrogens is 2. The number of piperidine rings is 1. The Labute approximate surface area is 172 Å². The van der Waals surface area contributed by atoms with Crippen molar-refractivity contribution in [2.24, 2.45) is 0 Å². The smallest absolute Gasteiger partial charge is 0.238 e. The van der Waals surface area contributed by atoms with Crippen molar-refractivity contribution in [1.82, 2.24) is 20.2 Å². The summed E-state index contributed by atoms with van der Waals surface area (Å²) < 4.78 is 5.13. The predicted molar refractivity (Wildman–Crippen MR) is 114 cm³/mol.